The van der Waals surface area contributed by atoms with E-state index in [1.165, 1.54) is 17.8 Å². The molecule has 0 radical (unpaired) electrons. The lowest BCUT2D eigenvalue weighted by molar-refractivity contribution is -0.384. The number of hydrogen-bond donors (Lipinski definition) is 2. The van der Waals surface area contributed by atoms with Crippen molar-refractivity contribution in [1.29, 1.82) is 0 Å². The topological polar surface area (TPSA) is 113 Å². The number of benzene rings is 1. The van der Waals surface area contributed by atoms with Gasteiger partial charge in [-0.1, -0.05) is 0 Å². The van der Waals surface area contributed by atoms with Crippen LogP contribution in [-0.2, 0) is 4.79 Å². The Kier molecular flexibility index (Phi) is 6.42. The van der Waals surface area contributed by atoms with Gasteiger partial charge in [-0.2, -0.15) is 0 Å². The summed E-state index contributed by atoms with van der Waals surface area (Å²) < 4.78 is 0. The quantitative estimate of drug-likeness (QED) is 0.416. The monoisotopic (exact) mass is 353 g/mol. The van der Waals surface area contributed by atoms with E-state index < -0.39 is 16.8 Å². The van der Waals surface area contributed by atoms with E-state index in [-0.39, 0.29) is 17.0 Å². The summed E-state index contributed by atoms with van der Waals surface area (Å²) in [6.07, 6.45) is 2.01. The number of carboxylic acids is 1. The predicted molar refractivity (Wildman–Crippen MR) is 91.8 cm³/mol. The van der Waals surface area contributed by atoms with Gasteiger partial charge in [0.25, 0.3) is 11.6 Å². The van der Waals surface area contributed by atoms with Crippen molar-refractivity contribution in [2.24, 2.45) is 0 Å². The van der Waals surface area contributed by atoms with E-state index in [2.05, 4.69) is 5.32 Å². The van der Waals surface area contributed by atoms with E-state index in [0.29, 0.717) is 18.0 Å². The molecular formula is C15H19N3O5S. The molecule has 1 heterocycles. The van der Waals surface area contributed by atoms with Gasteiger partial charge in [-0.25, -0.2) is 0 Å². The van der Waals surface area contributed by atoms with E-state index in [0.717, 1.165) is 25.9 Å². The highest BCUT2D eigenvalue weighted by Gasteiger charge is 2.23. The Labute approximate surface area is 143 Å². The maximum absolute atomic E-state index is 12.1. The van der Waals surface area contributed by atoms with Crippen LogP contribution in [0.4, 0.5) is 11.4 Å². The summed E-state index contributed by atoms with van der Waals surface area (Å²) in [5.41, 5.74) is 0.712. The molecule has 0 aromatic heterocycles. The van der Waals surface area contributed by atoms with Crippen LogP contribution in [0.2, 0.25) is 0 Å². The molecule has 1 aliphatic heterocycles. The van der Waals surface area contributed by atoms with Gasteiger partial charge in [-0.05, 0) is 25.0 Å². The van der Waals surface area contributed by atoms with Crippen LogP contribution in [0.25, 0.3) is 0 Å². The number of nitro groups is 1. The van der Waals surface area contributed by atoms with Crippen LogP contribution < -0.4 is 10.2 Å². The zero-order chi connectivity index (χ0) is 17.5. The van der Waals surface area contributed by atoms with Crippen LogP contribution in [0.5, 0.6) is 0 Å². The second-order valence-corrected chi connectivity index (χ2v) is 6.46. The van der Waals surface area contributed by atoms with E-state index >= 15 is 0 Å². The zero-order valence-electron chi connectivity index (χ0n) is 13.1. The van der Waals surface area contributed by atoms with Crippen molar-refractivity contribution in [2.75, 3.05) is 36.0 Å². The summed E-state index contributed by atoms with van der Waals surface area (Å²) in [5.74, 6) is -0.862. The molecule has 1 aliphatic rings. The smallest absolute Gasteiger partial charge is 0.313 e. The average molecular weight is 353 g/mol. The Morgan fingerprint density at radius 1 is 1.33 bits per heavy atom. The number of carboxylic acid groups (broad SMARTS) is 1. The first-order valence-corrected chi connectivity index (χ1v) is 8.75. The Balaban J connectivity index is 1.99. The maximum Gasteiger partial charge on any atom is 0.313 e. The highest BCUT2D eigenvalue weighted by atomic mass is 32.2. The van der Waals surface area contributed by atoms with Gasteiger partial charge >= 0.3 is 5.97 Å². The number of aliphatic carboxylic acids is 1. The fraction of sp³-hybridized carbons (Fsp3) is 0.467. The third kappa shape index (κ3) is 4.85. The molecule has 2 N–H and O–H groups in total. The third-order valence-electron chi connectivity index (χ3n) is 3.64. The Morgan fingerprint density at radius 2 is 2.04 bits per heavy atom. The molecular weight excluding hydrogens is 334 g/mol. The lowest BCUT2D eigenvalue weighted by Crippen LogP contribution is -2.26. The van der Waals surface area contributed by atoms with Crippen LogP contribution >= 0.6 is 11.8 Å². The fourth-order valence-electron chi connectivity index (χ4n) is 2.53. The Morgan fingerprint density at radius 3 is 2.67 bits per heavy atom. The van der Waals surface area contributed by atoms with Crippen LogP contribution in [0.3, 0.4) is 0 Å². The van der Waals surface area contributed by atoms with Gasteiger partial charge in [0.2, 0.25) is 0 Å². The summed E-state index contributed by atoms with van der Waals surface area (Å²) in [5, 5.41) is 22.5. The fourth-order valence-corrected chi connectivity index (χ4v) is 3.10. The predicted octanol–water partition coefficient (Wildman–Crippen LogP) is 1.74. The second-order valence-electron chi connectivity index (χ2n) is 5.36. The third-order valence-corrected chi connectivity index (χ3v) is 4.58. The number of carbonyl (C=O) groups is 2. The number of thioether (sulfide) groups is 1. The summed E-state index contributed by atoms with van der Waals surface area (Å²) in [6, 6.07) is 4.51. The molecule has 24 heavy (non-hydrogen) atoms. The van der Waals surface area contributed by atoms with Crippen molar-refractivity contribution >= 4 is 35.0 Å². The first-order chi connectivity index (χ1) is 11.5. The number of amides is 1. The van der Waals surface area contributed by atoms with Crippen molar-refractivity contribution in [1.82, 2.24) is 5.32 Å². The summed E-state index contributed by atoms with van der Waals surface area (Å²) in [4.78, 5) is 35.3. The van der Waals surface area contributed by atoms with Crippen LogP contribution in [-0.4, -0.2) is 53.0 Å². The highest BCUT2D eigenvalue weighted by molar-refractivity contribution is 7.99. The van der Waals surface area contributed by atoms with Crippen molar-refractivity contribution in [2.45, 2.75) is 12.8 Å². The van der Waals surface area contributed by atoms with Crippen LogP contribution in [0.1, 0.15) is 23.2 Å². The molecule has 1 aromatic carbocycles. The molecule has 0 atom stereocenters. The lowest BCUT2D eigenvalue weighted by atomic mass is 10.1. The van der Waals surface area contributed by atoms with Gasteiger partial charge in [0.15, 0.2) is 0 Å². The molecule has 0 aliphatic carbocycles. The van der Waals surface area contributed by atoms with Gasteiger partial charge in [0.1, 0.15) is 5.69 Å². The molecule has 0 saturated carbocycles. The Hall–Kier alpha value is -2.29. The molecule has 0 bridgehead atoms. The van der Waals surface area contributed by atoms with E-state index in [4.69, 9.17) is 5.11 Å². The number of anilines is 1. The maximum atomic E-state index is 12.1. The van der Waals surface area contributed by atoms with Gasteiger partial charge in [-0.15, -0.1) is 11.8 Å². The number of nitrogens with zero attached hydrogens (tertiary/aromatic N) is 2. The zero-order valence-corrected chi connectivity index (χ0v) is 13.9. The van der Waals surface area contributed by atoms with Gasteiger partial charge in [0.05, 0.1) is 10.7 Å². The molecule has 130 valence electrons. The summed E-state index contributed by atoms with van der Waals surface area (Å²) >= 11 is 1.20. The molecule has 1 amide bonds. The van der Waals surface area contributed by atoms with Crippen molar-refractivity contribution in [3.05, 3.63) is 33.9 Å². The standard InChI is InChI=1S/C15H19N3O5S/c19-14(20)10-24-8-5-16-15(21)11-3-4-12(13(9-11)18(22)23)17-6-1-2-7-17/h3-4,9H,1-2,5-8,10H2,(H,16,21)(H,19,20). The van der Waals surface area contributed by atoms with Gasteiger partial charge in [0, 0.05) is 37.0 Å². The van der Waals surface area contributed by atoms with E-state index in [1.54, 1.807) is 12.1 Å². The van der Waals surface area contributed by atoms with Crippen LogP contribution in [0, 0.1) is 10.1 Å². The van der Waals surface area contributed by atoms with Gasteiger partial charge < -0.3 is 15.3 Å². The summed E-state index contributed by atoms with van der Waals surface area (Å²) in [7, 11) is 0. The van der Waals surface area contributed by atoms with Gasteiger partial charge in [-0.3, -0.25) is 19.7 Å². The summed E-state index contributed by atoms with van der Waals surface area (Å²) in [6.45, 7) is 1.87. The Bertz CT molecular complexity index is 632. The highest BCUT2D eigenvalue weighted by Crippen LogP contribution is 2.31. The minimum Gasteiger partial charge on any atom is -0.481 e. The molecule has 0 unspecified atom stereocenters. The second kappa shape index (κ2) is 8.53. The van der Waals surface area contributed by atoms with Crippen LogP contribution in [0.15, 0.2) is 18.2 Å². The van der Waals surface area contributed by atoms with E-state index in [1.807, 2.05) is 4.90 Å². The van der Waals surface area contributed by atoms with E-state index in [9.17, 15) is 19.7 Å². The first kappa shape index (κ1) is 18.1. The number of carbonyl (C=O) groups excluding carboxylic acids is 1. The number of rotatable bonds is 8. The number of nitro benzene ring substituents is 1. The molecule has 1 saturated heterocycles. The number of nitrogens with one attached hydrogen (secondary N) is 1. The largest absolute Gasteiger partial charge is 0.481 e. The average Bonchev–Trinajstić information content (AvgIpc) is 3.07. The molecule has 9 heteroatoms. The molecule has 1 fully saturated rings. The molecule has 1 aromatic rings. The molecule has 2 rings (SSSR count). The van der Waals surface area contributed by atoms with Crippen molar-refractivity contribution in [3.8, 4) is 0 Å². The normalized spacial score (nSPS) is 13.8. The lowest BCUT2D eigenvalue weighted by Gasteiger charge is -2.17. The first-order valence-electron chi connectivity index (χ1n) is 7.60. The molecule has 8 nitrogen and oxygen atoms in total. The SMILES string of the molecule is O=C(O)CSCCNC(=O)c1ccc(N2CCCC2)c([N+](=O)[O-])c1. The number of hydrogen-bond acceptors (Lipinski definition) is 6. The minimum atomic E-state index is -0.903. The van der Waals surface area contributed by atoms with Crippen molar-refractivity contribution in [3.63, 3.8) is 0 Å². The molecule has 0 spiro atoms. The minimum absolute atomic E-state index is 0.0220. The van der Waals surface area contributed by atoms with Crippen molar-refractivity contribution < 1.29 is 19.6 Å².